The van der Waals surface area contributed by atoms with Gasteiger partial charge in [-0.25, -0.2) is 9.37 Å². The Morgan fingerprint density at radius 3 is 2.55 bits per heavy atom. The molecule has 1 spiro atoms. The highest BCUT2D eigenvalue weighted by molar-refractivity contribution is 6.23. The van der Waals surface area contributed by atoms with E-state index < -0.39 is 42.0 Å². The number of carbonyl (C=O) groups excluding carboxylic acids is 4. The predicted octanol–water partition coefficient (Wildman–Crippen LogP) is 5.56. The van der Waals surface area contributed by atoms with Crippen molar-refractivity contribution in [2.45, 2.75) is 44.7 Å². The zero-order valence-electron chi connectivity index (χ0n) is 29.6. The van der Waals surface area contributed by atoms with E-state index in [1.54, 1.807) is 42.7 Å². The van der Waals surface area contributed by atoms with Crippen molar-refractivity contribution in [3.8, 4) is 16.9 Å². The van der Waals surface area contributed by atoms with Gasteiger partial charge in [0.1, 0.15) is 11.8 Å². The zero-order chi connectivity index (χ0) is 38.0. The van der Waals surface area contributed by atoms with Crippen molar-refractivity contribution in [1.82, 2.24) is 29.7 Å². The van der Waals surface area contributed by atoms with Gasteiger partial charge >= 0.3 is 6.55 Å². The summed E-state index contributed by atoms with van der Waals surface area (Å²) in [6.07, 6.45) is 7.47. The van der Waals surface area contributed by atoms with Crippen molar-refractivity contribution >= 4 is 51.3 Å². The third kappa shape index (κ3) is 6.06. The lowest BCUT2D eigenvalue weighted by Gasteiger charge is -2.55. The molecular formula is C40H36F3N7O5. The number of aromatic nitrogens is 3. The SMILES string of the molecule is O=C1CCC(N2C(=O)c3ccc(OCCCN4CC5(CCCN(c6ncc(-c7ccc8c9cnccc9n(C(F)F)c8c7)cc6F)C5)C4)cc3C2=O)C(=O)N1. The van der Waals surface area contributed by atoms with E-state index >= 15 is 4.39 Å². The number of benzene rings is 2. The number of amides is 4. The van der Waals surface area contributed by atoms with Gasteiger partial charge in [0.05, 0.1) is 28.8 Å². The molecule has 2 aromatic carbocycles. The second-order valence-electron chi connectivity index (χ2n) is 14.9. The first-order valence-electron chi connectivity index (χ1n) is 18.4. The highest BCUT2D eigenvalue weighted by Crippen LogP contribution is 2.41. The Morgan fingerprint density at radius 1 is 0.909 bits per heavy atom. The number of nitrogens with one attached hydrogen (secondary N) is 1. The molecule has 4 aliphatic rings. The molecule has 0 saturated carbocycles. The summed E-state index contributed by atoms with van der Waals surface area (Å²) in [5.74, 6) is -1.93. The van der Waals surface area contributed by atoms with Crippen LogP contribution in [0.1, 0.15) is 59.4 Å². The average Bonchev–Trinajstić information content (AvgIpc) is 3.62. The number of rotatable bonds is 9. The van der Waals surface area contributed by atoms with Crippen LogP contribution in [0.15, 0.2) is 67.1 Å². The quantitative estimate of drug-likeness (QED) is 0.152. The van der Waals surface area contributed by atoms with Crippen LogP contribution in [0.3, 0.4) is 0 Å². The lowest BCUT2D eigenvalue weighted by Crippen LogP contribution is -2.63. The van der Waals surface area contributed by atoms with Crippen molar-refractivity contribution in [2.24, 2.45) is 5.41 Å². The third-order valence-electron chi connectivity index (χ3n) is 11.3. The number of anilines is 1. The molecule has 55 heavy (non-hydrogen) atoms. The van der Waals surface area contributed by atoms with Gasteiger partial charge in [-0.05, 0) is 67.6 Å². The number of pyridine rings is 2. The van der Waals surface area contributed by atoms with Crippen LogP contribution in [-0.4, -0.2) is 93.3 Å². The zero-order valence-corrected chi connectivity index (χ0v) is 29.6. The molecule has 282 valence electrons. The van der Waals surface area contributed by atoms with Crippen LogP contribution >= 0.6 is 0 Å². The Balaban J connectivity index is 0.792. The fourth-order valence-electron chi connectivity index (χ4n) is 8.83. The Kier molecular flexibility index (Phi) is 8.56. The minimum absolute atomic E-state index is 0.0236. The number of nitrogens with zero attached hydrogens (tertiary/aromatic N) is 6. The number of hydrogen-bond acceptors (Lipinski definition) is 9. The van der Waals surface area contributed by atoms with E-state index in [1.165, 1.54) is 24.4 Å². The fraction of sp³-hybridized carbons (Fsp3) is 0.350. The molecule has 3 aromatic heterocycles. The molecule has 12 nitrogen and oxygen atoms in total. The van der Waals surface area contributed by atoms with Crippen LogP contribution in [0.5, 0.6) is 5.75 Å². The first-order valence-corrected chi connectivity index (χ1v) is 18.4. The highest BCUT2D eigenvalue weighted by atomic mass is 19.3. The Labute approximate surface area is 312 Å². The number of hydrogen-bond donors (Lipinski definition) is 1. The summed E-state index contributed by atoms with van der Waals surface area (Å²) in [7, 11) is 0. The monoisotopic (exact) mass is 751 g/mol. The second-order valence-corrected chi connectivity index (χ2v) is 14.9. The summed E-state index contributed by atoms with van der Waals surface area (Å²) in [6.45, 7) is 1.52. The van der Waals surface area contributed by atoms with E-state index in [0.717, 1.165) is 48.4 Å². The summed E-state index contributed by atoms with van der Waals surface area (Å²) in [4.78, 5) is 63.9. The number of likely N-dealkylation sites (tertiary alicyclic amines) is 1. The maximum atomic E-state index is 15.7. The molecule has 1 unspecified atom stereocenters. The van der Waals surface area contributed by atoms with Gasteiger partial charge in [-0.2, -0.15) is 8.78 Å². The van der Waals surface area contributed by atoms with Crippen molar-refractivity contribution in [2.75, 3.05) is 44.2 Å². The van der Waals surface area contributed by atoms with E-state index in [4.69, 9.17) is 4.74 Å². The van der Waals surface area contributed by atoms with Crippen LogP contribution < -0.4 is 15.0 Å². The summed E-state index contributed by atoms with van der Waals surface area (Å²) in [5, 5.41) is 3.47. The Morgan fingerprint density at radius 2 is 1.75 bits per heavy atom. The van der Waals surface area contributed by atoms with E-state index in [-0.39, 0.29) is 29.4 Å². The molecule has 1 N–H and O–H groups in total. The Hall–Kier alpha value is -5.83. The fourth-order valence-corrected chi connectivity index (χ4v) is 8.83. The van der Waals surface area contributed by atoms with Gasteiger partial charge in [-0.15, -0.1) is 0 Å². The number of piperidine rings is 2. The molecule has 5 aromatic rings. The van der Waals surface area contributed by atoms with Crippen molar-refractivity contribution in [3.63, 3.8) is 0 Å². The van der Waals surface area contributed by atoms with Crippen LogP contribution in [0.4, 0.5) is 19.0 Å². The molecule has 3 fully saturated rings. The number of ether oxygens (including phenoxy) is 1. The van der Waals surface area contributed by atoms with Crippen molar-refractivity contribution < 1.29 is 37.1 Å². The van der Waals surface area contributed by atoms with Gasteiger partial charge in [0.2, 0.25) is 11.8 Å². The molecule has 4 aliphatic heterocycles. The van der Waals surface area contributed by atoms with E-state index in [1.807, 2.05) is 4.90 Å². The number of carbonyl (C=O) groups is 4. The number of fused-ring (bicyclic) bond motifs is 4. The molecule has 9 rings (SSSR count). The van der Waals surface area contributed by atoms with Crippen LogP contribution in [-0.2, 0) is 9.59 Å². The van der Waals surface area contributed by atoms with Crippen LogP contribution in [0.25, 0.3) is 32.9 Å². The minimum Gasteiger partial charge on any atom is -0.494 e. The van der Waals surface area contributed by atoms with Gasteiger partial charge in [-0.1, -0.05) is 12.1 Å². The van der Waals surface area contributed by atoms with Gasteiger partial charge in [0.25, 0.3) is 11.8 Å². The second kappa shape index (κ2) is 13.5. The summed E-state index contributed by atoms with van der Waals surface area (Å²) < 4.78 is 50.9. The first kappa shape index (κ1) is 34.9. The first-order chi connectivity index (χ1) is 26.6. The van der Waals surface area contributed by atoms with Crippen molar-refractivity contribution in [1.29, 1.82) is 0 Å². The largest absolute Gasteiger partial charge is 0.494 e. The number of halogens is 3. The lowest BCUT2D eigenvalue weighted by atomic mass is 9.73. The summed E-state index contributed by atoms with van der Waals surface area (Å²) in [6, 6.07) is 11.9. The predicted molar refractivity (Wildman–Crippen MR) is 195 cm³/mol. The lowest BCUT2D eigenvalue weighted by molar-refractivity contribution is -0.136. The summed E-state index contributed by atoms with van der Waals surface area (Å²) >= 11 is 0. The van der Waals surface area contributed by atoms with Crippen LogP contribution in [0, 0.1) is 11.2 Å². The van der Waals surface area contributed by atoms with E-state index in [0.29, 0.717) is 64.2 Å². The van der Waals surface area contributed by atoms with Gasteiger partial charge in [0.15, 0.2) is 11.6 Å². The standard InChI is InChI=1S/C40H36F3N7O5/c41-30-15-24(23-3-5-26-29-19-44-11-9-31(29)49(39(42)43)33(26)16-23)18-45-35(30)48-13-1-10-40(22-48)20-47(21-40)12-2-14-55-25-4-6-27-28(17-25)38(54)50(37(27)53)32-7-8-34(51)46-36(32)52/h3-6,9,11,15-19,32,39H,1-2,7-8,10,12-14,20-22H2,(H,46,51,52). The maximum Gasteiger partial charge on any atom is 0.319 e. The molecule has 7 heterocycles. The smallest absolute Gasteiger partial charge is 0.319 e. The van der Waals surface area contributed by atoms with Gasteiger partial charge in [0, 0.05) is 79.5 Å². The average molecular weight is 752 g/mol. The molecule has 0 radical (unpaired) electrons. The minimum atomic E-state index is -2.75. The summed E-state index contributed by atoms with van der Waals surface area (Å²) in [5.41, 5.74) is 2.22. The maximum absolute atomic E-state index is 15.7. The topological polar surface area (TPSA) is 130 Å². The molecule has 4 amide bonds. The third-order valence-corrected chi connectivity index (χ3v) is 11.3. The number of imide groups is 2. The van der Waals surface area contributed by atoms with Crippen LogP contribution in [0.2, 0.25) is 0 Å². The normalized spacial score (nSPS) is 19.8. The Bertz CT molecular complexity index is 2410. The molecular weight excluding hydrogens is 715 g/mol. The molecule has 1 atom stereocenters. The van der Waals surface area contributed by atoms with E-state index in [2.05, 4.69) is 20.2 Å². The van der Waals surface area contributed by atoms with Gasteiger partial charge in [-0.3, -0.25) is 38.9 Å². The van der Waals surface area contributed by atoms with E-state index in [9.17, 15) is 28.0 Å². The molecule has 0 bridgehead atoms. The molecule has 3 saturated heterocycles. The highest BCUT2D eigenvalue weighted by Gasteiger charge is 2.46. The van der Waals surface area contributed by atoms with Crippen molar-refractivity contribution in [3.05, 3.63) is 84.1 Å². The van der Waals surface area contributed by atoms with Gasteiger partial charge < -0.3 is 14.5 Å². The molecule has 15 heteroatoms. The number of alkyl halides is 2. The molecule has 0 aliphatic carbocycles.